The molecule has 0 aliphatic carbocycles. The minimum absolute atomic E-state index is 0.128. The summed E-state index contributed by atoms with van der Waals surface area (Å²) < 4.78 is 18.0. The number of fused-ring (bicyclic) bond motifs is 6. The molecule has 3 nitrogen and oxygen atoms in total. The van der Waals surface area contributed by atoms with E-state index < -0.39 is 0 Å². The number of carbonyl (C=O) groups is 1. The van der Waals surface area contributed by atoms with E-state index in [9.17, 15) is 9.18 Å². The number of benzene rings is 7. The fourth-order valence-electron chi connectivity index (χ4n) is 6.97. The maximum Gasteiger partial charge on any atom is 0.193 e. The lowest BCUT2D eigenvalue weighted by Gasteiger charge is -2.11. The van der Waals surface area contributed by atoms with Gasteiger partial charge in [-0.3, -0.25) is 4.79 Å². The first-order valence-electron chi connectivity index (χ1n) is 15.7. The molecule has 0 radical (unpaired) electrons. The van der Waals surface area contributed by atoms with Crippen LogP contribution in [0, 0.1) is 5.82 Å². The molecule has 0 amide bonds. The Labute approximate surface area is 270 Å². The van der Waals surface area contributed by atoms with Gasteiger partial charge >= 0.3 is 0 Å². The van der Waals surface area contributed by atoms with Crippen molar-refractivity contribution in [2.75, 3.05) is 0 Å². The summed E-state index contributed by atoms with van der Waals surface area (Å²) in [6, 6.07) is 54.3. The smallest absolute Gasteiger partial charge is 0.193 e. The van der Waals surface area contributed by atoms with E-state index >= 15 is 0 Å². The van der Waals surface area contributed by atoms with Crippen LogP contribution in [0.2, 0.25) is 0 Å². The van der Waals surface area contributed by atoms with Gasteiger partial charge in [0.1, 0.15) is 5.82 Å². The summed E-state index contributed by atoms with van der Waals surface area (Å²) in [6.45, 7) is 0. The molecule has 9 rings (SSSR count). The predicted molar refractivity (Wildman–Crippen MR) is 190 cm³/mol. The second kappa shape index (κ2) is 10.7. The second-order valence-electron chi connectivity index (χ2n) is 11.9. The van der Waals surface area contributed by atoms with E-state index in [0.717, 1.165) is 44.3 Å². The maximum atomic E-state index is 13.5. The van der Waals surface area contributed by atoms with Crippen LogP contribution >= 0.6 is 0 Å². The normalized spacial score (nSPS) is 11.6. The Kier molecular flexibility index (Phi) is 6.15. The van der Waals surface area contributed by atoms with Crippen molar-refractivity contribution < 1.29 is 9.18 Å². The molecule has 0 aliphatic heterocycles. The number of hydrogen-bond donors (Lipinski definition) is 0. The van der Waals surface area contributed by atoms with Gasteiger partial charge in [0, 0.05) is 44.0 Å². The lowest BCUT2D eigenvalue weighted by atomic mass is 10.0. The highest BCUT2D eigenvalue weighted by molar-refractivity contribution is 6.15. The van der Waals surface area contributed by atoms with Crippen LogP contribution in [-0.2, 0) is 0 Å². The molecule has 47 heavy (non-hydrogen) atoms. The van der Waals surface area contributed by atoms with Gasteiger partial charge in [-0.25, -0.2) is 4.39 Å². The van der Waals surface area contributed by atoms with Crippen LogP contribution in [0.15, 0.2) is 164 Å². The lowest BCUT2D eigenvalue weighted by molar-refractivity contribution is 0.103. The van der Waals surface area contributed by atoms with E-state index in [1.807, 2.05) is 30.3 Å². The third-order valence-electron chi connectivity index (χ3n) is 9.21. The summed E-state index contributed by atoms with van der Waals surface area (Å²) in [5, 5.41) is 4.58. The topological polar surface area (TPSA) is 26.9 Å². The summed E-state index contributed by atoms with van der Waals surface area (Å²) in [6.07, 6.45) is 0. The zero-order chi connectivity index (χ0) is 31.5. The zero-order valence-electron chi connectivity index (χ0n) is 25.3. The van der Waals surface area contributed by atoms with Crippen LogP contribution in [0.5, 0.6) is 0 Å². The van der Waals surface area contributed by atoms with Crippen molar-refractivity contribution in [1.29, 1.82) is 0 Å². The Morgan fingerprint density at radius 3 is 1.30 bits per heavy atom. The van der Waals surface area contributed by atoms with Gasteiger partial charge in [0.05, 0.1) is 22.1 Å². The van der Waals surface area contributed by atoms with Crippen molar-refractivity contribution in [3.05, 3.63) is 181 Å². The highest BCUT2D eigenvalue weighted by Gasteiger charge is 2.16. The van der Waals surface area contributed by atoms with Gasteiger partial charge < -0.3 is 9.13 Å². The van der Waals surface area contributed by atoms with Crippen LogP contribution in [0.1, 0.15) is 15.9 Å². The van der Waals surface area contributed by atoms with Crippen molar-refractivity contribution in [2.24, 2.45) is 0 Å². The van der Waals surface area contributed by atoms with E-state index in [-0.39, 0.29) is 11.6 Å². The predicted octanol–water partition coefficient (Wildman–Crippen LogP) is 10.9. The second-order valence-corrected chi connectivity index (χ2v) is 11.9. The molecule has 0 N–H and O–H groups in total. The van der Waals surface area contributed by atoms with E-state index in [1.165, 1.54) is 46.1 Å². The number of para-hydroxylation sites is 3. The monoisotopic (exact) mass is 606 g/mol. The fraction of sp³-hybridized carbons (Fsp3) is 0. The third kappa shape index (κ3) is 4.38. The third-order valence-corrected chi connectivity index (χ3v) is 9.21. The van der Waals surface area contributed by atoms with E-state index in [4.69, 9.17) is 0 Å². The molecule has 0 unspecified atom stereocenters. The fourth-order valence-corrected chi connectivity index (χ4v) is 6.97. The molecular weight excluding hydrogens is 579 g/mol. The van der Waals surface area contributed by atoms with Crippen LogP contribution < -0.4 is 0 Å². The van der Waals surface area contributed by atoms with Gasteiger partial charge in [0.25, 0.3) is 0 Å². The largest absolute Gasteiger partial charge is 0.309 e. The molecule has 0 saturated heterocycles. The minimum atomic E-state index is -0.359. The highest BCUT2D eigenvalue weighted by Crippen LogP contribution is 2.35. The van der Waals surface area contributed by atoms with Crippen molar-refractivity contribution >= 4 is 49.4 Å². The molecule has 0 atom stereocenters. The Morgan fingerprint density at radius 2 is 0.809 bits per heavy atom. The number of nitrogens with zero attached hydrogens (tertiary/aromatic N) is 2. The minimum Gasteiger partial charge on any atom is -0.309 e. The van der Waals surface area contributed by atoms with Gasteiger partial charge in [0.15, 0.2) is 5.78 Å². The maximum absolute atomic E-state index is 13.5. The van der Waals surface area contributed by atoms with Gasteiger partial charge in [-0.05, 0) is 96.1 Å². The first-order chi connectivity index (χ1) is 23.1. The number of halogens is 1. The van der Waals surface area contributed by atoms with Gasteiger partial charge in [0.2, 0.25) is 0 Å². The van der Waals surface area contributed by atoms with Crippen molar-refractivity contribution in [1.82, 2.24) is 9.13 Å². The van der Waals surface area contributed by atoms with Crippen LogP contribution in [0.4, 0.5) is 4.39 Å². The standard InChI is InChI=1S/C43H27FN2O/c44-32-20-13-30(14-21-32)43(47)31-19-26-42-38(27-31)37-9-3-6-12-41(37)46(42)34-24-17-29(18-25-34)28-15-22-33(23-16-28)45-39-10-4-1-7-35(39)36-8-2-5-11-40(36)45/h1-27H. The summed E-state index contributed by atoms with van der Waals surface area (Å²) >= 11 is 0. The molecule has 0 saturated carbocycles. The van der Waals surface area contributed by atoms with Crippen molar-refractivity contribution in [3.63, 3.8) is 0 Å². The van der Waals surface area contributed by atoms with Crippen molar-refractivity contribution in [2.45, 2.75) is 0 Å². The Morgan fingerprint density at radius 1 is 0.404 bits per heavy atom. The molecule has 2 aromatic heterocycles. The molecule has 4 heteroatoms. The number of rotatable bonds is 5. The molecule has 0 aliphatic rings. The molecule has 0 fully saturated rings. The lowest BCUT2D eigenvalue weighted by Crippen LogP contribution is -2.01. The quantitative estimate of drug-likeness (QED) is 0.179. The van der Waals surface area contributed by atoms with Crippen LogP contribution in [-0.4, -0.2) is 14.9 Å². The van der Waals surface area contributed by atoms with Gasteiger partial charge in [-0.2, -0.15) is 0 Å². The average molecular weight is 607 g/mol. The Balaban J connectivity index is 1.08. The number of carbonyl (C=O) groups excluding carboxylic acids is 1. The first-order valence-corrected chi connectivity index (χ1v) is 15.7. The van der Waals surface area contributed by atoms with Gasteiger partial charge in [-0.1, -0.05) is 78.9 Å². The summed E-state index contributed by atoms with van der Waals surface area (Å²) in [7, 11) is 0. The molecule has 0 bridgehead atoms. The van der Waals surface area contributed by atoms with Gasteiger partial charge in [-0.15, -0.1) is 0 Å². The molecule has 0 spiro atoms. The molecular formula is C43H27FN2O. The van der Waals surface area contributed by atoms with E-state index in [0.29, 0.717) is 11.1 Å². The van der Waals surface area contributed by atoms with Crippen molar-refractivity contribution in [3.8, 4) is 22.5 Å². The zero-order valence-corrected chi connectivity index (χ0v) is 25.3. The number of hydrogen-bond acceptors (Lipinski definition) is 1. The summed E-state index contributed by atoms with van der Waals surface area (Å²) in [5.74, 6) is -0.486. The first kappa shape index (κ1) is 27.1. The Hall–Kier alpha value is -6.26. The van der Waals surface area contributed by atoms with Crippen LogP contribution in [0.3, 0.4) is 0 Å². The average Bonchev–Trinajstić information content (AvgIpc) is 3.64. The van der Waals surface area contributed by atoms with E-state index in [2.05, 4.69) is 118 Å². The molecule has 2 heterocycles. The highest BCUT2D eigenvalue weighted by atomic mass is 19.1. The summed E-state index contributed by atoms with van der Waals surface area (Å²) in [5.41, 5.74) is 9.97. The number of aromatic nitrogens is 2. The molecule has 9 aromatic rings. The number of ketones is 1. The molecule has 7 aromatic carbocycles. The van der Waals surface area contributed by atoms with Crippen LogP contribution in [0.25, 0.3) is 66.1 Å². The van der Waals surface area contributed by atoms with E-state index in [1.54, 1.807) is 0 Å². The SMILES string of the molecule is O=C(c1ccc(F)cc1)c1ccc2c(c1)c1ccccc1n2-c1ccc(-c2ccc(-n3c4ccccc4c4ccccc43)cc2)cc1. The molecule has 222 valence electrons. The Bertz CT molecular complexity index is 2570. The summed E-state index contributed by atoms with van der Waals surface area (Å²) in [4.78, 5) is 13.3.